The zero-order valence-electron chi connectivity index (χ0n) is 17.3. The fraction of sp³-hybridized carbons (Fsp3) is 0.273. The molecule has 5 rings (SSSR count). The number of hydrazone groups is 1. The van der Waals surface area contributed by atoms with Crippen molar-refractivity contribution >= 4 is 23.9 Å². The Kier molecular flexibility index (Phi) is 5.21. The first-order valence-electron chi connectivity index (χ1n) is 10.4. The number of nitrogens with zero attached hydrogens (tertiary/aromatic N) is 8. The summed E-state index contributed by atoms with van der Waals surface area (Å²) in [5.74, 6) is 0.636. The van der Waals surface area contributed by atoms with E-state index in [-0.39, 0.29) is 12.1 Å². The Morgan fingerprint density at radius 3 is 2.78 bits per heavy atom. The predicted molar refractivity (Wildman–Crippen MR) is 119 cm³/mol. The van der Waals surface area contributed by atoms with Crippen molar-refractivity contribution in [3.8, 4) is 11.4 Å². The first-order valence-corrected chi connectivity index (χ1v) is 10.4. The minimum Gasteiger partial charge on any atom is -0.337 e. The van der Waals surface area contributed by atoms with Crippen LogP contribution in [0.5, 0.6) is 0 Å². The Morgan fingerprint density at radius 1 is 1.12 bits per heavy atom. The lowest BCUT2D eigenvalue weighted by molar-refractivity contribution is 0.139. The van der Waals surface area contributed by atoms with Gasteiger partial charge in [-0.2, -0.15) is 10.2 Å². The summed E-state index contributed by atoms with van der Waals surface area (Å²) in [5.41, 5.74) is 3.10. The summed E-state index contributed by atoms with van der Waals surface area (Å²) in [6.45, 7) is 9.61. The number of aromatic nitrogens is 4. The highest BCUT2D eigenvalue weighted by atomic mass is 16.2. The van der Waals surface area contributed by atoms with Crippen molar-refractivity contribution in [1.29, 1.82) is 0 Å². The van der Waals surface area contributed by atoms with Crippen molar-refractivity contribution < 1.29 is 4.79 Å². The molecule has 10 heteroatoms. The molecule has 1 saturated heterocycles. The molecule has 160 valence electrons. The van der Waals surface area contributed by atoms with E-state index in [1.54, 1.807) is 24.7 Å². The molecule has 32 heavy (non-hydrogen) atoms. The highest BCUT2D eigenvalue weighted by Gasteiger charge is 2.33. The van der Waals surface area contributed by atoms with Crippen LogP contribution in [0, 0.1) is 6.57 Å². The molecule has 1 fully saturated rings. The Bertz CT molecular complexity index is 1180. The van der Waals surface area contributed by atoms with E-state index < -0.39 is 0 Å². The molecule has 4 heterocycles. The lowest BCUT2D eigenvalue weighted by Gasteiger charge is -2.37. The van der Waals surface area contributed by atoms with Gasteiger partial charge < -0.3 is 9.80 Å². The van der Waals surface area contributed by atoms with Crippen LogP contribution in [0.2, 0.25) is 0 Å². The molecule has 0 saturated carbocycles. The number of nitrogens with one attached hydrogen (secondary N) is 1. The van der Waals surface area contributed by atoms with Crippen LogP contribution < -0.4 is 4.90 Å². The molecular formula is C22H21N9O. The molecule has 0 aliphatic carbocycles. The molecular weight excluding hydrogens is 406 g/mol. The normalized spacial score (nSPS) is 18.1. The number of carbonyl (C=O) groups is 1. The maximum Gasteiger partial charge on any atom is 0.341 e. The number of piperazine rings is 1. The van der Waals surface area contributed by atoms with Crippen molar-refractivity contribution in [2.45, 2.75) is 12.5 Å². The Morgan fingerprint density at radius 2 is 2.00 bits per heavy atom. The molecule has 2 amide bonds. The average Bonchev–Trinajstić information content (AvgIpc) is 3.57. The van der Waals surface area contributed by atoms with Gasteiger partial charge in [0.2, 0.25) is 5.95 Å². The third-order valence-corrected chi connectivity index (χ3v) is 5.66. The summed E-state index contributed by atoms with van der Waals surface area (Å²) >= 11 is 0. The predicted octanol–water partition coefficient (Wildman–Crippen LogP) is 3.09. The van der Waals surface area contributed by atoms with Crippen molar-refractivity contribution in [2.75, 3.05) is 31.1 Å². The monoisotopic (exact) mass is 427 g/mol. The molecule has 1 aromatic carbocycles. The lowest BCUT2D eigenvalue weighted by atomic mass is 10.0. The molecule has 0 radical (unpaired) electrons. The molecule has 3 aromatic rings. The summed E-state index contributed by atoms with van der Waals surface area (Å²) in [6.07, 6.45) is 5.82. The van der Waals surface area contributed by atoms with Crippen LogP contribution in [0.4, 0.5) is 16.4 Å². The quantitative estimate of drug-likeness (QED) is 0.648. The number of carbonyl (C=O) groups excluding carboxylic acids is 1. The van der Waals surface area contributed by atoms with Crippen LogP contribution in [0.1, 0.15) is 18.0 Å². The number of urea groups is 1. The van der Waals surface area contributed by atoms with Crippen LogP contribution >= 0.6 is 0 Å². The zero-order valence-corrected chi connectivity index (χ0v) is 17.3. The lowest BCUT2D eigenvalue weighted by Crippen LogP contribution is -2.52. The van der Waals surface area contributed by atoms with Crippen molar-refractivity contribution in [1.82, 2.24) is 30.1 Å². The van der Waals surface area contributed by atoms with Gasteiger partial charge in [-0.1, -0.05) is 24.3 Å². The third kappa shape index (κ3) is 3.76. The van der Waals surface area contributed by atoms with Crippen molar-refractivity contribution in [3.05, 3.63) is 65.8 Å². The second-order valence-corrected chi connectivity index (χ2v) is 7.57. The Hall–Kier alpha value is -4.26. The third-order valence-electron chi connectivity index (χ3n) is 5.66. The number of benzene rings is 1. The summed E-state index contributed by atoms with van der Waals surface area (Å²) in [5, 5.41) is 12.8. The van der Waals surface area contributed by atoms with E-state index in [1.807, 2.05) is 35.2 Å². The van der Waals surface area contributed by atoms with E-state index in [0.29, 0.717) is 44.2 Å². The van der Waals surface area contributed by atoms with Gasteiger partial charge >= 0.3 is 6.03 Å². The van der Waals surface area contributed by atoms with Gasteiger partial charge in [-0.3, -0.25) is 5.10 Å². The number of amides is 2. The van der Waals surface area contributed by atoms with Crippen LogP contribution in [-0.2, 0) is 0 Å². The molecule has 0 spiro atoms. The van der Waals surface area contributed by atoms with E-state index in [9.17, 15) is 4.79 Å². The van der Waals surface area contributed by atoms with Crippen LogP contribution in [0.3, 0.4) is 0 Å². The highest BCUT2D eigenvalue weighted by molar-refractivity contribution is 5.79. The topological polar surface area (TPSA) is 98.0 Å². The molecule has 1 atom stereocenters. The van der Waals surface area contributed by atoms with E-state index in [4.69, 9.17) is 6.57 Å². The smallest absolute Gasteiger partial charge is 0.337 e. The summed E-state index contributed by atoms with van der Waals surface area (Å²) in [7, 11) is 0. The number of aromatic amines is 1. The Labute approximate surface area is 185 Å². The maximum absolute atomic E-state index is 13.2. The largest absolute Gasteiger partial charge is 0.341 e. The minimum absolute atomic E-state index is 0.122. The highest BCUT2D eigenvalue weighted by Crippen LogP contribution is 2.31. The van der Waals surface area contributed by atoms with Gasteiger partial charge in [-0.25, -0.2) is 24.6 Å². The summed E-state index contributed by atoms with van der Waals surface area (Å²) < 4.78 is 0. The summed E-state index contributed by atoms with van der Waals surface area (Å²) in [6, 6.07) is 10.8. The Balaban J connectivity index is 1.25. The number of hydrogen-bond acceptors (Lipinski definition) is 6. The minimum atomic E-state index is -0.184. The van der Waals surface area contributed by atoms with Gasteiger partial charge in [-0.05, 0) is 17.7 Å². The molecule has 10 nitrogen and oxygen atoms in total. The maximum atomic E-state index is 13.2. The van der Waals surface area contributed by atoms with Crippen molar-refractivity contribution in [3.63, 3.8) is 0 Å². The van der Waals surface area contributed by atoms with Gasteiger partial charge in [0.15, 0.2) is 5.69 Å². The van der Waals surface area contributed by atoms with Gasteiger partial charge in [-0.15, -0.1) is 0 Å². The van der Waals surface area contributed by atoms with E-state index in [2.05, 4.69) is 35.0 Å². The zero-order chi connectivity index (χ0) is 21.9. The number of rotatable bonds is 3. The first-order chi connectivity index (χ1) is 15.7. The van der Waals surface area contributed by atoms with Gasteiger partial charge in [0.05, 0.1) is 24.0 Å². The van der Waals surface area contributed by atoms with E-state index >= 15 is 0 Å². The van der Waals surface area contributed by atoms with E-state index in [0.717, 1.165) is 17.0 Å². The molecule has 2 aliphatic rings. The fourth-order valence-electron chi connectivity index (χ4n) is 3.97. The van der Waals surface area contributed by atoms with Gasteiger partial charge in [0, 0.05) is 51.2 Å². The fourth-order valence-corrected chi connectivity index (χ4v) is 3.97. The average molecular weight is 427 g/mol. The first kappa shape index (κ1) is 19.7. The van der Waals surface area contributed by atoms with Crippen LogP contribution in [0.25, 0.3) is 16.2 Å². The SMILES string of the molecule is [C-]#[N+]c1cccc([C@@H]2CC=NN2C(=O)N2CCN(c3nccc(-c4ccn[nH]4)n3)CC2)c1. The van der Waals surface area contributed by atoms with Crippen molar-refractivity contribution in [2.24, 2.45) is 5.10 Å². The molecule has 0 unspecified atom stereocenters. The second-order valence-electron chi connectivity index (χ2n) is 7.57. The number of hydrogen-bond donors (Lipinski definition) is 1. The summed E-state index contributed by atoms with van der Waals surface area (Å²) in [4.78, 5) is 29.6. The van der Waals surface area contributed by atoms with E-state index in [1.165, 1.54) is 5.01 Å². The number of H-pyrrole nitrogens is 1. The molecule has 0 bridgehead atoms. The van der Waals surface area contributed by atoms with Gasteiger partial charge in [0.1, 0.15) is 0 Å². The van der Waals surface area contributed by atoms with Crippen LogP contribution in [-0.4, -0.2) is 68.5 Å². The molecule has 1 N–H and O–H groups in total. The standard InChI is InChI=1S/C22H21N9O/c1-23-17-4-2-3-16(15-17)20-7-10-26-31(20)22(32)30-13-11-29(12-14-30)21-24-8-5-18(27-21)19-6-9-25-28-19/h2-6,8-10,15,20H,7,11-14H2,(H,25,28)/t20-/m0/s1. The van der Waals surface area contributed by atoms with Gasteiger partial charge in [0.25, 0.3) is 0 Å². The molecule has 2 aliphatic heterocycles. The number of anilines is 1. The van der Waals surface area contributed by atoms with Crippen LogP contribution in [0.15, 0.2) is 53.9 Å². The second kappa shape index (κ2) is 8.47. The molecule has 2 aromatic heterocycles.